The van der Waals surface area contributed by atoms with Gasteiger partial charge in [-0.05, 0) is 20.3 Å². The van der Waals surface area contributed by atoms with Crippen molar-refractivity contribution in [2.45, 2.75) is 39.4 Å². The number of hydrogen-bond acceptors (Lipinski definition) is 6. The molecule has 3 N–H and O–H groups in total. The van der Waals surface area contributed by atoms with Gasteiger partial charge in [0.25, 0.3) is 0 Å². The van der Waals surface area contributed by atoms with Gasteiger partial charge in [0.2, 0.25) is 0 Å². The molecule has 0 bridgehead atoms. The van der Waals surface area contributed by atoms with Crippen molar-refractivity contribution in [3.63, 3.8) is 0 Å². The smallest absolute Gasteiger partial charge is 0.158 e. The fourth-order valence-corrected chi connectivity index (χ4v) is 1.43. The third-order valence-electron chi connectivity index (χ3n) is 2.30. The first kappa shape index (κ1) is 15.7. The average Bonchev–Trinajstić information content (AvgIpc) is 2.33. The maximum Gasteiger partial charge on any atom is 0.158 e. The Morgan fingerprint density at radius 2 is 1.89 bits per heavy atom. The van der Waals surface area contributed by atoms with Crippen molar-refractivity contribution < 1.29 is 9.84 Å². The zero-order chi connectivity index (χ0) is 14.3. The second-order valence-corrected chi connectivity index (χ2v) is 5.08. The van der Waals surface area contributed by atoms with Crippen LogP contribution in [0.4, 0.5) is 11.6 Å². The predicted octanol–water partition coefficient (Wildman–Crippen LogP) is 1.63. The molecule has 0 aliphatic rings. The Morgan fingerprint density at radius 3 is 2.42 bits per heavy atom. The molecule has 6 heteroatoms. The van der Waals surface area contributed by atoms with Crippen LogP contribution >= 0.6 is 0 Å². The molecule has 1 heterocycles. The van der Waals surface area contributed by atoms with Gasteiger partial charge < -0.3 is 20.5 Å². The molecule has 108 valence electrons. The molecule has 0 saturated carbocycles. The molecule has 19 heavy (non-hydrogen) atoms. The van der Waals surface area contributed by atoms with Crippen LogP contribution in [-0.2, 0) is 11.3 Å². The Morgan fingerprint density at radius 1 is 1.26 bits per heavy atom. The van der Waals surface area contributed by atoms with E-state index in [9.17, 15) is 5.11 Å². The second-order valence-electron chi connectivity index (χ2n) is 5.08. The van der Waals surface area contributed by atoms with E-state index in [-0.39, 0.29) is 0 Å². The summed E-state index contributed by atoms with van der Waals surface area (Å²) in [5.74, 6) is 2.06. The van der Waals surface area contributed by atoms with Crippen molar-refractivity contribution in [2.24, 2.45) is 0 Å². The summed E-state index contributed by atoms with van der Waals surface area (Å²) in [7, 11) is 1.61. The lowest BCUT2D eigenvalue weighted by atomic mass is 10.1. The summed E-state index contributed by atoms with van der Waals surface area (Å²) < 4.78 is 5.06. The maximum atomic E-state index is 9.72. The van der Waals surface area contributed by atoms with E-state index in [4.69, 9.17) is 4.74 Å². The lowest BCUT2D eigenvalue weighted by molar-refractivity contribution is 0.0944. The van der Waals surface area contributed by atoms with Gasteiger partial charge >= 0.3 is 0 Å². The molecule has 1 rings (SSSR count). The van der Waals surface area contributed by atoms with E-state index < -0.39 is 5.60 Å². The van der Waals surface area contributed by atoms with Gasteiger partial charge in [-0.15, -0.1) is 0 Å². The van der Waals surface area contributed by atoms with Gasteiger partial charge in [0.15, 0.2) is 5.82 Å². The summed E-state index contributed by atoms with van der Waals surface area (Å²) in [5, 5.41) is 16.0. The number of aromatic nitrogens is 2. The van der Waals surface area contributed by atoms with Crippen LogP contribution in [0.25, 0.3) is 0 Å². The lowest BCUT2D eigenvalue weighted by Crippen LogP contribution is -2.29. The molecule has 0 aliphatic heterocycles. The Hall–Kier alpha value is -1.40. The topological polar surface area (TPSA) is 79.3 Å². The first-order valence-electron chi connectivity index (χ1n) is 6.51. The van der Waals surface area contributed by atoms with Crippen molar-refractivity contribution in [1.82, 2.24) is 9.97 Å². The standard InChI is InChI=1S/C13H24N4O2/c1-5-6-14-10-7-11(15-9-13(2,3)18)17-12(16-10)8-19-4/h7,18H,5-6,8-9H2,1-4H3,(H2,14,15,16,17). The lowest BCUT2D eigenvalue weighted by Gasteiger charge is -2.18. The van der Waals surface area contributed by atoms with Crippen LogP contribution in [0.15, 0.2) is 6.07 Å². The van der Waals surface area contributed by atoms with Gasteiger partial charge in [0.05, 0.1) is 5.60 Å². The van der Waals surface area contributed by atoms with Crippen molar-refractivity contribution in [1.29, 1.82) is 0 Å². The Bertz CT molecular complexity index is 391. The number of aliphatic hydroxyl groups is 1. The maximum absolute atomic E-state index is 9.72. The number of rotatable bonds is 8. The first-order valence-corrected chi connectivity index (χ1v) is 6.51. The van der Waals surface area contributed by atoms with Crippen LogP contribution < -0.4 is 10.6 Å². The molecule has 0 unspecified atom stereocenters. The van der Waals surface area contributed by atoms with Gasteiger partial charge in [0.1, 0.15) is 18.2 Å². The van der Waals surface area contributed by atoms with Crippen molar-refractivity contribution >= 4 is 11.6 Å². The van der Waals surface area contributed by atoms with E-state index in [1.165, 1.54) is 0 Å². The quantitative estimate of drug-likeness (QED) is 0.665. The third-order valence-corrected chi connectivity index (χ3v) is 2.30. The summed E-state index contributed by atoms with van der Waals surface area (Å²) in [6, 6.07) is 1.83. The highest BCUT2D eigenvalue weighted by Crippen LogP contribution is 2.13. The molecular weight excluding hydrogens is 244 g/mol. The minimum Gasteiger partial charge on any atom is -0.389 e. The summed E-state index contributed by atoms with van der Waals surface area (Å²) >= 11 is 0. The average molecular weight is 268 g/mol. The van der Waals surface area contributed by atoms with Gasteiger partial charge in [-0.25, -0.2) is 9.97 Å². The van der Waals surface area contributed by atoms with Crippen LogP contribution in [0.2, 0.25) is 0 Å². The Balaban J connectivity index is 2.79. The zero-order valence-corrected chi connectivity index (χ0v) is 12.2. The minimum absolute atomic E-state index is 0.360. The molecule has 0 aromatic carbocycles. The van der Waals surface area contributed by atoms with Crippen LogP contribution in [0.5, 0.6) is 0 Å². The van der Waals surface area contributed by atoms with Crippen LogP contribution in [0, 0.1) is 0 Å². The molecule has 0 atom stereocenters. The molecule has 0 saturated heterocycles. The summed E-state index contributed by atoms with van der Waals surface area (Å²) in [6.45, 7) is 7.22. The largest absolute Gasteiger partial charge is 0.389 e. The third kappa shape index (κ3) is 6.35. The van der Waals surface area contributed by atoms with E-state index in [0.29, 0.717) is 24.8 Å². The van der Waals surface area contributed by atoms with Crippen molar-refractivity contribution in [2.75, 3.05) is 30.8 Å². The second kappa shape index (κ2) is 7.25. The van der Waals surface area contributed by atoms with E-state index in [1.54, 1.807) is 21.0 Å². The van der Waals surface area contributed by atoms with E-state index >= 15 is 0 Å². The van der Waals surface area contributed by atoms with Crippen molar-refractivity contribution in [3.05, 3.63) is 11.9 Å². The molecule has 1 aromatic heterocycles. The molecule has 1 aromatic rings. The Kier molecular flexibility index (Phi) is 5.98. The summed E-state index contributed by atoms with van der Waals surface area (Å²) in [6.07, 6.45) is 1.02. The van der Waals surface area contributed by atoms with Gasteiger partial charge in [-0.2, -0.15) is 0 Å². The Labute approximate surface area is 114 Å². The predicted molar refractivity (Wildman–Crippen MR) is 76.3 cm³/mol. The molecule has 0 amide bonds. The fourth-order valence-electron chi connectivity index (χ4n) is 1.43. The van der Waals surface area contributed by atoms with Crippen LogP contribution in [0.3, 0.4) is 0 Å². The van der Waals surface area contributed by atoms with Gasteiger partial charge in [0, 0.05) is 26.3 Å². The summed E-state index contributed by atoms with van der Waals surface area (Å²) in [4.78, 5) is 8.69. The minimum atomic E-state index is -0.788. The number of ether oxygens (including phenoxy) is 1. The monoisotopic (exact) mass is 268 g/mol. The van der Waals surface area contributed by atoms with Crippen LogP contribution in [0.1, 0.15) is 33.0 Å². The number of nitrogens with zero attached hydrogens (tertiary/aromatic N) is 2. The zero-order valence-electron chi connectivity index (χ0n) is 12.2. The van der Waals surface area contributed by atoms with E-state index in [1.807, 2.05) is 6.07 Å². The number of methoxy groups -OCH3 is 1. The van der Waals surface area contributed by atoms with Crippen molar-refractivity contribution in [3.8, 4) is 0 Å². The molecule has 0 aliphatic carbocycles. The number of anilines is 2. The molecule has 6 nitrogen and oxygen atoms in total. The fraction of sp³-hybridized carbons (Fsp3) is 0.692. The highest BCUT2D eigenvalue weighted by atomic mass is 16.5. The van der Waals surface area contributed by atoms with E-state index in [2.05, 4.69) is 27.5 Å². The van der Waals surface area contributed by atoms with Gasteiger partial charge in [-0.1, -0.05) is 6.92 Å². The summed E-state index contributed by atoms with van der Waals surface area (Å²) in [5.41, 5.74) is -0.788. The molecule has 0 radical (unpaired) electrons. The normalized spacial score (nSPS) is 11.4. The SMILES string of the molecule is CCCNc1cc(NCC(C)(C)O)nc(COC)n1. The van der Waals surface area contributed by atoms with Gasteiger partial charge in [-0.3, -0.25) is 0 Å². The first-order chi connectivity index (χ1) is 8.94. The number of nitrogens with one attached hydrogen (secondary N) is 2. The molecular formula is C13H24N4O2. The highest BCUT2D eigenvalue weighted by molar-refractivity contribution is 5.47. The molecule has 0 fully saturated rings. The van der Waals surface area contributed by atoms with E-state index in [0.717, 1.165) is 18.8 Å². The van der Waals surface area contributed by atoms with Crippen LogP contribution in [-0.4, -0.2) is 40.9 Å². The number of hydrogen-bond donors (Lipinski definition) is 3. The molecule has 0 spiro atoms. The highest BCUT2D eigenvalue weighted by Gasteiger charge is 2.13.